The lowest BCUT2D eigenvalue weighted by atomic mass is 10.2. The Morgan fingerprint density at radius 1 is 1.11 bits per heavy atom. The number of rotatable bonds is 5. The van der Waals surface area contributed by atoms with E-state index < -0.39 is 0 Å². The molecule has 1 N–H and O–H groups in total. The summed E-state index contributed by atoms with van der Waals surface area (Å²) in [4.78, 5) is 21.5. The smallest absolute Gasteiger partial charge is 0.270 e. The number of carbonyl (C=O) groups is 1. The maximum absolute atomic E-state index is 12.4. The Morgan fingerprint density at radius 3 is 2.67 bits per heavy atom. The predicted molar refractivity (Wildman–Crippen MR) is 102 cm³/mol. The molecule has 0 spiro atoms. The molecule has 1 fully saturated rings. The molecule has 0 saturated carbocycles. The molecule has 1 aromatic carbocycles. The number of pyridine rings is 1. The highest BCUT2D eigenvalue weighted by Gasteiger charge is 2.17. The predicted octanol–water partition coefficient (Wildman–Crippen LogP) is 1.88. The quantitative estimate of drug-likeness (QED) is 0.869. The summed E-state index contributed by atoms with van der Waals surface area (Å²) < 4.78 is 10.7. The lowest BCUT2D eigenvalue weighted by Gasteiger charge is -2.35. The first-order valence-electron chi connectivity index (χ1n) is 9.33. The monoisotopic (exact) mass is 368 g/mol. The van der Waals surface area contributed by atoms with Crippen LogP contribution in [0.4, 0.5) is 5.69 Å². The number of piperazine rings is 1. The number of aromatic nitrogens is 1. The van der Waals surface area contributed by atoms with Gasteiger partial charge in [0.1, 0.15) is 5.69 Å². The van der Waals surface area contributed by atoms with E-state index in [0.717, 1.165) is 49.7 Å². The molecule has 27 heavy (non-hydrogen) atoms. The number of ether oxygens (including phenoxy) is 2. The van der Waals surface area contributed by atoms with Crippen LogP contribution in [0.2, 0.25) is 0 Å². The van der Waals surface area contributed by atoms with Gasteiger partial charge in [-0.25, -0.2) is 4.98 Å². The SMILES string of the molecule is CCN1CCN(c2ccc(C(=O)NCc3ccc4c(c3)OCO4)nc2)CC1. The van der Waals surface area contributed by atoms with Crippen molar-refractivity contribution >= 4 is 11.6 Å². The molecule has 0 radical (unpaired) electrons. The van der Waals surface area contributed by atoms with Crippen LogP contribution in [0.1, 0.15) is 23.0 Å². The van der Waals surface area contributed by atoms with Gasteiger partial charge in [-0.1, -0.05) is 13.0 Å². The summed E-state index contributed by atoms with van der Waals surface area (Å²) in [5, 5.41) is 2.90. The number of nitrogens with one attached hydrogen (secondary N) is 1. The van der Waals surface area contributed by atoms with Gasteiger partial charge >= 0.3 is 0 Å². The van der Waals surface area contributed by atoms with Crippen LogP contribution in [0, 0.1) is 0 Å². The van der Waals surface area contributed by atoms with E-state index in [2.05, 4.69) is 27.0 Å². The number of hydrogen-bond donors (Lipinski definition) is 1. The number of benzene rings is 1. The zero-order chi connectivity index (χ0) is 18.6. The summed E-state index contributed by atoms with van der Waals surface area (Å²) in [6, 6.07) is 9.42. The van der Waals surface area contributed by atoms with E-state index in [9.17, 15) is 4.79 Å². The molecule has 3 heterocycles. The van der Waals surface area contributed by atoms with E-state index >= 15 is 0 Å². The van der Waals surface area contributed by atoms with E-state index in [1.807, 2.05) is 24.3 Å². The molecule has 1 amide bonds. The number of amides is 1. The first kappa shape index (κ1) is 17.6. The first-order chi connectivity index (χ1) is 13.2. The highest BCUT2D eigenvalue weighted by Crippen LogP contribution is 2.32. The molecule has 7 heteroatoms. The largest absolute Gasteiger partial charge is 0.454 e. The van der Waals surface area contributed by atoms with Crippen molar-refractivity contribution in [3.63, 3.8) is 0 Å². The fourth-order valence-electron chi connectivity index (χ4n) is 3.35. The fraction of sp³-hybridized carbons (Fsp3) is 0.400. The highest BCUT2D eigenvalue weighted by molar-refractivity contribution is 5.92. The molecule has 0 bridgehead atoms. The maximum atomic E-state index is 12.4. The molecule has 0 unspecified atom stereocenters. The van der Waals surface area contributed by atoms with Gasteiger partial charge in [0, 0.05) is 32.7 Å². The number of carbonyl (C=O) groups excluding carboxylic acids is 1. The molecule has 1 saturated heterocycles. The van der Waals surface area contributed by atoms with Crippen LogP contribution in [0.25, 0.3) is 0 Å². The minimum absolute atomic E-state index is 0.185. The van der Waals surface area contributed by atoms with Crippen LogP contribution in [-0.4, -0.2) is 55.3 Å². The number of hydrogen-bond acceptors (Lipinski definition) is 6. The lowest BCUT2D eigenvalue weighted by Crippen LogP contribution is -2.46. The molecule has 4 rings (SSSR count). The maximum Gasteiger partial charge on any atom is 0.270 e. The number of fused-ring (bicyclic) bond motifs is 1. The summed E-state index contributed by atoms with van der Waals surface area (Å²) in [5.41, 5.74) is 2.45. The van der Waals surface area contributed by atoms with Gasteiger partial charge in [0.25, 0.3) is 5.91 Å². The average molecular weight is 368 g/mol. The molecule has 1 aromatic heterocycles. The number of nitrogens with zero attached hydrogens (tertiary/aromatic N) is 3. The van der Waals surface area contributed by atoms with Crippen molar-refractivity contribution in [1.82, 2.24) is 15.2 Å². The normalized spacial score (nSPS) is 16.4. The molecule has 7 nitrogen and oxygen atoms in total. The average Bonchev–Trinajstić information content (AvgIpc) is 3.20. The third kappa shape index (κ3) is 3.98. The van der Waals surface area contributed by atoms with Crippen molar-refractivity contribution in [3.05, 3.63) is 47.8 Å². The highest BCUT2D eigenvalue weighted by atomic mass is 16.7. The van der Waals surface area contributed by atoms with E-state index in [0.29, 0.717) is 18.0 Å². The van der Waals surface area contributed by atoms with E-state index in [1.54, 1.807) is 12.3 Å². The van der Waals surface area contributed by atoms with E-state index in [4.69, 9.17) is 9.47 Å². The minimum atomic E-state index is -0.185. The van der Waals surface area contributed by atoms with Crippen LogP contribution in [0.15, 0.2) is 36.5 Å². The second-order valence-corrected chi connectivity index (χ2v) is 6.69. The van der Waals surface area contributed by atoms with Gasteiger partial charge in [-0.3, -0.25) is 4.79 Å². The Hall–Kier alpha value is -2.80. The molecule has 0 atom stereocenters. The molecular weight excluding hydrogens is 344 g/mol. The number of likely N-dealkylation sites (N-methyl/N-ethyl adjacent to an activating group) is 1. The zero-order valence-electron chi connectivity index (χ0n) is 15.5. The Labute approximate surface area is 158 Å². The zero-order valence-corrected chi connectivity index (χ0v) is 15.5. The standard InChI is InChI=1S/C20H24N4O3/c1-2-23-7-9-24(10-8-23)16-4-5-17(21-13-16)20(25)22-12-15-3-6-18-19(11-15)27-14-26-18/h3-6,11,13H,2,7-10,12,14H2,1H3,(H,22,25). The second-order valence-electron chi connectivity index (χ2n) is 6.69. The van der Waals surface area contributed by atoms with Gasteiger partial charge in [0.05, 0.1) is 11.9 Å². The summed E-state index contributed by atoms with van der Waals surface area (Å²) >= 11 is 0. The molecule has 0 aliphatic carbocycles. The second kappa shape index (κ2) is 7.84. The molecule has 2 aliphatic heterocycles. The van der Waals surface area contributed by atoms with Crippen LogP contribution < -0.4 is 19.7 Å². The van der Waals surface area contributed by atoms with Gasteiger partial charge in [-0.2, -0.15) is 0 Å². The van der Waals surface area contributed by atoms with Gasteiger partial charge in [0.2, 0.25) is 6.79 Å². The summed E-state index contributed by atoms with van der Waals surface area (Å²) in [5.74, 6) is 1.27. The van der Waals surface area contributed by atoms with Crippen molar-refractivity contribution in [1.29, 1.82) is 0 Å². The topological polar surface area (TPSA) is 66.9 Å². The Balaban J connectivity index is 1.32. The fourth-order valence-corrected chi connectivity index (χ4v) is 3.35. The number of anilines is 1. The summed E-state index contributed by atoms with van der Waals surface area (Å²) in [6.07, 6.45) is 1.79. The van der Waals surface area contributed by atoms with Crippen molar-refractivity contribution in [2.45, 2.75) is 13.5 Å². The summed E-state index contributed by atoms with van der Waals surface area (Å²) in [7, 11) is 0. The van der Waals surface area contributed by atoms with Crippen molar-refractivity contribution in [2.75, 3.05) is 44.4 Å². The Morgan fingerprint density at radius 2 is 1.93 bits per heavy atom. The van der Waals surface area contributed by atoms with Crippen LogP contribution in [-0.2, 0) is 6.54 Å². The molecular formula is C20H24N4O3. The summed E-state index contributed by atoms with van der Waals surface area (Å²) in [6.45, 7) is 8.05. The van der Waals surface area contributed by atoms with Crippen molar-refractivity contribution in [3.8, 4) is 11.5 Å². The van der Waals surface area contributed by atoms with Crippen LogP contribution in [0.5, 0.6) is 11.5 Å². The third-order valence-corrected chi connectivity index (χ3v) is 5.06. The minimum Gasteiger partial charge on any atom is -0.454 e. The first-order valence-corrected chi connectivity index (χ1v) is 9.33. The Kier molecular flexibility index (Phi) is 5.11. The molecule has 2 aromatic rings. The van der Waals surface area contributed by atoms with Crippen molar-refractivity contribution < 1.29 is 14.3 Å². The van der Waals surface area contributed by atoms with Gasteiger partial charge in [0.15, 0.2) is 11.5 Å². The van der Waals surface area contributed by atoms with Crippen LogP contribution in [0.3, 0.4) is 0 Å². The Bertz CT molecular complexity index is 801. The lowest BCUT2D eigenvalue weighted by molar-refractivity contribution is 0.0946. The molecule has 2 aliphatic rings. The van der Waals surface area contributed by atoms with Crippen molar-refractivity contribution in [2.24, 2.45) is 0 Å². The molecule has 142 valence electrons. The van der Waals surface area contributed by atoms with Crippen LogP contribution >= 0.6 is 0 Å². The van der Waals surface area contributed by atoms with E-state index in [-0.39, 0.29) is 12.7 Å². The third-order valence-electron chi connectivity index (χ3n) is 5.06. The van der Waals surface area contributed by atoms with Gasteiger partial charge in [-0.05, 0) is 36.4 Å². The van der Waals surface area contributed by atoms with Gasteiger partial charge in [-0.15, -0.1) is 0 Å². The van der Waals surface area contributed by atoms with Gasteiger partial charge < -0.3 is 24.6 Å². The van der Waals surface area contributed by atoms with E-state index in [1.165, 1.54) is 0 Å².